The summed E-state index contributed by atoms with van der Waals surface area (Å²) in [5.74, 6) is -1.05. The van der Waals surface area contributed by atoms with Crippen LogP contribution in [0.3, 0.4) is 0 Å². The average molecular weight is 281 g/mol. The Hall–Kier alpha value is -2.05. The molecule has 1 unspecified atom stereocenters. The van der Waals surface area contributed by atoms with Gasteiger partial charge in [0.05, 0.1) is 17.9 Å². The van der Waals surface area contributed by atoms with Crippen molar-refractivity contribution in [3.8, 4) is 0 Å². The molecule has 1 aliphatic rings. The van der Waals surface area contributed by atoms with Crippen molar-refractivity contribution in [3.63, 3.8) is 0 Å². The molecule has 2 heterocycles. The zero-order chi connectivity index (χ0) is 14.9. The molecule has 1 aromatic rings. The van der Waals surface area contributed by atoms with Crippen LogP contribution in [-0.4, -0.2) is 44.4 Å². The van der Waals surface area contributed by atoms with Crippen LogP contribution in [0.15, 0.2) is 6.20 Å². The summed E-state index contributed by atoms with van der Waals surface area (Å²) in [5.41, 5.74) is -0.0142. The van der Waals surface area contributed by atoms with Gasteiger partial charge in [0, 0.05) is 6.54 Å². The number of aromatic amines is 1. The highest BCUT2D eigenvalue weighted by Gasteiger charge is 2.36. The highest BCUT2D eigenvalue weighted by molar-refractivity contribution is 5.89. The predicted molar refractivity (Wildman–Crippen MR) is 70.5 cm³/mol. The van der Waals surface area contributed by atoms with Crippen molar-refractivity contribution in [2.24, 2.45) is 0 Å². The fourth-order valence-corrected chi connectivity index (χ4v) is 2.33. The first-order chi connectivity index (χ1) is 9.29. The smallest absolute Gasteiger partial charge is 0.410 e. The Bertz CT molecular complexity index is 518. The molecule has 2 rings (SSSR count). The number of nitrogens with one attached hydrogen (secondary N) is 1. The second kappa shape index (κ2) is 5.15. The zero-order valence-corrected chi connectivity index (χ0v) is 11.8. The summed E-state index contributed by atoms with van der Waals surface area (Å²) in [6.45, 7) is 5.95. The topological polar surface area (TPSA) is 95.5 Å². The van der Waals surface area contributed by atoms with E-state index in [-0.39, 0.29) is 11.6 Å². The number of aromatic nitrogens is 2. The Morgan fingerprint density at radius 3 is 2.80 bits per heavy atom. The largest absolute Gasteiger partial charge is 0.478 e. The van der Waals surface area contributed by atoms with E-state index >= 15 is 0 Å². The van der Waals surface area contributed by atoms with Crippen molar-refractivity contribution in [2.75, 3.05) is 6.54 Å². The zero-order valence-electron chi connectivity index (χ0n) is 11.8. The van der Waals surface area contributed by atoms with E-state index in [1.807, 2.05) is 0 Å². The Balaban J connectivity index is 2.21. The van der Waals surface area contributed by atoms with Gasteiger partial charge in [-0.2, -0.15) is 5.10 Å². The van der Waals surface area contributed by atoms with Crippen LogP contribution >= 0.6 is 0 Å². The Kier molecular flexibility index (Phi) is 3.69. The van der Waals surface area contributed by atoms with Crippen LogP contribution in [0.25, 0.3) is 0 Å². The minimum absolute atomic E-state index is 0.102. The third-order valence-corrected chi connectivity index (χ3v) is 3.11. The predicted octanol–water partition coefficient (Wildman–Crippen LogP) is 2.18. The first kappa shape index (κ1) is 14.4. The molecule has 2 N–H and O–H groups in total. The molecule has 1 aliphatic heterocycles. The van der Waals surface area contributed by atoms with Crippen LogP contribution in [0.5, 0.6) is 0 Å². The molecule has 0 bridgehead atoms. The summed E-state index contributed by atoms with van der Waals surface area (Å²) in [5, 5.41) is 15.6. The van der Waals surface area contributed by atoms with Crippen LogP contribution in [0.4, 0.5) is 4.79 Å². The summed E-state index contributed by atoms with van der Waals surface area (Å²) >= 11 is 0. The lowest BCUT2D eigenvalue weighted by atomic mass is 10.1. The van der Waals surface area contributed by atoms with Gasteiger partial charge in [0.25, 0.3) is 0 Å². The lowest BCUT2D eigenvalue weighted by Gasteiger charge is -2.28. The van der Waals surface area contributed by atoms with Gasteiger partial charge in [0.2, 0.25) is 0 Å². The van der Waals surface area contributed by atoms with Crippen molar-refractivity contribution >= 4 is 12.1 Å². The first-order valence-electron chi connectivity index (χ1n) is 6.56. The summed E-state index contributed by atoms with van der Waals surface area (Å²) < 4.78 is 5.36. The maximum atomic E-state index is 12.2. The maximum absolute atomic E-state index is 12.2. The first-order valence-corrected chi connectivity index (χ1v) is 6.56. The number of carbonyl (C=O) groups excluding carboxylic acids is 1. The molecular formula is C13H19N3O4. The van der Waals surface area contributed by atoms with Crippen LogP contribution in [0.1, 0.15) is 55.7 Å². The van der Waals surface area contributed by atoms with E-state index in [0.29, 0.717) is 18.7 Å². The highest BCUT2D eigenvalue weighted by atomic mass is 16.6. The molecule has 1 aromatic heterocycles. The Morgan fingerprint density at radius 2 is 2.20 bits per heavy atom. The number of H-pyrrole nitrogens is 1. The fourth-order valence-electron chi connectivity index (χ4n) is 2.33. The second-order valence-corrected chi connectivity index (χ2v) is 5.83. The van der Waals surface area contributed by atoms with E-state index < -0.39 is 17.7 Å². The Labute approximate surface area is 116 Å². The van der Waals surface area contributed by atoms with Gasteiger partial charge in [-0.15, -0.1) is 0 Å². The highest BCUT2D eigenvalue weighted by Crippen LogP contribution is 2.33. The van der Waals surface area contributed by atoms with Gasteiger partial charge in [0.15, 0.2) is 0 Å². The number of nitrogens with zero attached hydrogens (tertiary/aromatic N) is 2. The summed E-state index contributed by atoms with van der Waals surface area (Å²) in [7, 11) is 0. The molecule has 0 aliphatic carbocycles. The number of likely N-dealkylation sites (tertiary alicyclic amines) is 1. The third-order valence-electron chi connectivity index (χ3n) is 3.11. The minimum Gasteiger partial charge on any atom is -0.478 e. The van der Waals surface area contributed by atoms with Gasteiger partial charge in [-0.1, -0.05) is 0 Å². The summed E-state index contributed by atoms with van der Waals surface area (Å²) in [4.78, 5) is 24.9. The van der Waals surface area contributed by atoms with Crippen LogP contribution in [-0.2, 0) is 4.74 Å². The summed E-state index contributed by atoms with van der Waals surface area (Å²) in [6, 6.07) is -0.321. The molecule has 0 saturated carbocycles. The molecule has 0 radical (unpaired) electrons. The van der Waals surface area contributed by atoms with Gasteiger partial charge in [-0.3, -0.25) is 10.00 Å². The second-order valence-electron chi connectivity index (χ2n) is 5.83. The minimum atomic E-state index is -1.05. The average Bonchev–Trinajstić information content (AvgIpc) is 2.95. The molecule has 1 amide bonds. The number of aromatic carboxylic acids is 1. The van der Waals surface area contributed by atoms with Crippen LogP contribution in [0, 0.1) is 0 Å². The van der Waals surface area contributed by atoms with Gasteiger partial charge in [0.1, 0.15) is 11.2 Å². The molecule has 0 spiro atoms. The lowest BCUT2D eigenvalue weighted by molar-refractivity contribution is 0.0219. The molecule has 20 heavy (non-hydrogen) atoms. The van der Waals surface area contributed by atoms with Crippen molar-refractivity contribution < 1.29 is 19.4 Å². The van der Waals surface area contributed by atoms with E-state index in [4.69, 9.17) is 9.84 Å². The molecule has 7 nitrogen and oxygen atoms in total. The number of hydrogen-bond acceptors (Lipinski definition) is 4. The molecule has 1 saturated heterocycles. The number of amides is 1. The van der Waals surface area contributed by atoms with E-state index in [1.165, 1.54) is 6.20 Å². The Morgan fingerprint density at radius 1 is 1.50 bits per heavy atom. The number of rotatable bonds is 2. The number of ether oxygens (including phenoxy) is 1. The van der Waals surface area contributed by atoms with Crippen LogP contribution < -0.4 is 0 Å². The van der Waals surface area contributed by atoms with Crippen molar-refractivity contribution in [1.82, 2.24) is 15.1 Å². The summed E-state index contributed by atoms with van der Waals surface area (Å²) in [6.07, 6.45) is 2.35. The van der Waals surface area contributed by atoms with Crippen LogP contribution in [0.2, 0.25) is 0 Å². The maximum Gasteiger partial charge on any atom is 0.410 e. The van der Waals surface area contributed by atoms with Crippen molar-refractivity contribution in [1.29, 1.82) is 0 Å². The number of carboxylic acid groups (broad SMARTS) is 1. The van der Waals surface area contributed by atoms with Crippen molar-refractivity contribution in [2.45, 2.75) is 45.3 Å². The van der Waals surface area contributed by atoms with E-state index in [9.17, 15) is 9.59 Å². The van der Waals surface area contributed by atoms with Gasteiger partial charge in [-0.25, -0.2) is 9.59 Å². The van der Waals surface area contributed by atoms with E-state index in [0.717, 1.165) is 6.42 Å². The lowest BCUT2D eigenvalue weighted by Crippen LogP contribution is -2.36. The quantitative estimate of drug-likeness (QED) is 0.866. The third kappa shape index (κ3) is 2.92. The molecule has 0 aromatic carbocycles. The molecule has 1 fully saturated rings. The van der Waals surface area contributed by atoms with Gasteiger partial charge in [-0.05, 0) is 33.6 Å². The fraction of sp³-hybridized carbons (Fsp3) is 0.615. The molecule has 110 valence electrons. The standard InChI is InChI=1S/C13H19N3O4/c1-13(2,3)20-12(19)16-6-4-5-9(16)10-8(11(17)18)7-14-15-10/h7,9H,4-6H2,1-3H3,(H,14,15)(H,17,18). The van der Waals surface area contributed by atoms with E-state index in [1.54, 1.807) is 25.7 Å². The molecule has 7 heteroatoms. The molecule has 1 atom stereocenters. The monoisotopic (exact) mass is 281 g/mol. The number of carboxylic acids is 1. The number of carbonyl (C=O) groups is 2. The van der Waals surface area contributed by atoms with Gasteiger partial charge >= 0.3 is 12.1 Å². The van der Waals surface area contributed by atoms with Gasteiger partial charge < -0.3 is 9.84 Å². The van der Waals surface area contributed by atoms with Crippen molar-refractivity contribution in [3.05, 3.63) is 17.5 Å². The SMILES string of the molecule is CC(C)(C)OC(=O)N1CCCC1c1[nH]ncc1C(=O)O. The number of hydrogen-bond donors (Lipinski definition) is 2. The normalized spacial score (nSPS) is 19.1. The molecular weight excluding hydrogens is 262 g/mol. The van der Waals surface area contributed by atoms with E-state index in [2.05, 4.69) is 10.2 Å².